The fourth-order valence-electron chi connectivity index (χ4n) is 5.88. The summed E-state index contributed by atoms with van der Waals surface area (Å²) < 4.78 is 0. The van der Waals surface area contributed by atoms with Crippen LogP contribution in [0.4, 0.5) is 0 Å². The Labute approximate surface area is 309 Å². The van der Waals surface area contributed by atoms with E-state index in [4.69, 9.17) is 4.98 Å². The molecule has 1 radical (unpaired) electrons. The molecule has 0 aliphatic carbocycles. The summed E-state index contributed by atoms with van der Waals surface area (Å²) in [5, 5.41) is 1.48. The zero-order chi connectivity index (χ0) is 34.5. The van der Waals surface area contributed by atoms with Gasteiger partial charge in [0.1, 0.15) is 0 Å². The third-order valence-electron chi connectivity index (χ3n) is 9.01. The summed E-state index contributed by atoms with van der Waals surface area (Å²) in [5.41, 5.74) is 13.0. The van der Waals surface area contributed by atoms with Crippen LogP contribution >= 0.6 is 0 Å². The summed E-state index contributed by atoms with van der Waals surface area (Å²) in [7, 11) is -1.42. The van der Waals surface area contributed by atoms with Crippen molar-refractivity contribution in [2.24, 2.45) is 5.41 Å². The van der Waals surface area contributed by atoms with Crippen LogP contribution in [-0.4, -0.2) is 18.0 Å². The fraction of sp³-hybridized carbons (Fsp3) is 0.244. The maximum absolute atomic E-state index is 4.74. The van der Waals surface area contributed by atoms with Gasteiger partial charge in [-0.1, -0.05) is 142 Å². The number of rotatable bonds is 6. The molecule has 1 atom stereocenters. The van der Waals surface area contributed by atoms with E-state index in [0.717, 1.165) is 28.1 Å². The van der Waals surface area contributed by atoms with Crippen molar-refractivity contribution in [1.29, 1.82) is 0 Å². The van der Waals surface area contributed by atoms with Gasteiger partial charge in [0, 0.05) is 32.5 Å². The van der Waals surface area contributed by atoms with Crippen molar-refractivity contribution < 1.29 is 20.1 Å². The van der Waals surface area contributed by atoms with Crippen LogP contribution in [0, 0.1) is 31.4 Å². The van der Waals surface area contributed by atoms with Crippen molar-refractivity contribution in [2.75, 3.05) is 0 Å². The Morgan fingerprint density at radius 2 is 1.24 bits per heavy atom. The molecule has 0 spiro atoms. The monoisotopic (exact) mass is 837 g/mol. The number of pyridine rings is 2. The molecule has 6 rings (SSSR count). The Hall–Kier alpha value is -3.95. The van der Waals surface area contributed by atoms with Crippen molar-refractivity contribution in [3.63, 3.8) is 0 Å². The molecule has 0 saturated heterocycles. The zero-order valence-corrected chi connectivity index (χ0v) is 33.7. The Balaban J connectivity index is 0.000000220. The number of nitrogens with zero attached hydrogens (tertiary/aromatic N) is 2. The van der Waals surface area contributed by atoms with E-state index in [0.29, 0.717) is 5.92 Å². The standard InChI is InChI=1S/C25H20N.C20H28NSi.Ir/c1-18-14-19(2)16-24(15-18)23-12-13-25(26-17-23)22-10-8-21(9-11-22)20-6-4-3-5-7-20;1-15(20(2,3)4)17-13-18(16-11-9-8-10-12-16)21-14-19(17)22(5,6)7;/h3-10,12-17H,1-2H3;8-11,13-15H,1-7H3;/q2*-1;. The largest absolute Gasteiger partial charge is 0.305 e. The first-order chi connectivity index (χ1) is 22.8. The minimum atomic E-state index is -1.42. The van der Waals surface area contributed by atoms with Gasteiger partial charge in [0.25, 0.3) is 0 Å². The fourth-order valence-corrected chi connectivity index (χ4v) is 7.49. The minimum absolute atomic E-state index is 0. The molecule has 2 heterocycles. The van der Waals surface area contributed by atoms with E-state index >= 15 is 0 Å². The van der Waals surface area contributed by atoms with Crippen LogP contribution in [-0.2, 0) is 20.1 Å². The molecule has 0 N–H and O–H groups in total. The average molecular weight is 837 g/mol. The van der Waals surface area contributed by atoms with Gasteiger partial charge in [0.05, 0.1) is 8.07 Å². The first-order valence-electron chi connectivity index (χ1n) is 16.9. The minimum Gasteiger partial charge on any atom is -0.305 e. The van der Waals surface area contributed by atoms with Crippen LogP contribution in [0.15, 0.2) is 122 Å². The van der Waals surface area contributed by atoms with Crippen LogP contribution in [0.1, 0.15) is 50.3 Å². The van der Waals surface area contributed by atoms with Gasteiger partial charge >= 0.3 is 0 Å². The van der Waals surface area contributed by atoms with Gasteiger partial charge < -0.3 is 9.97 Å². The van der Waals surface area contributed by atoms with E-state index in [1.165, 1.54) is 38.6 Å². The van der Waals surface area contributed by atoms with E-state index in [1.807, 2.05) is 36.5 Å². The van der Waals surface area contributed by atoms with Crippen molar-refractivity contribution in [3.8, 4) is 44.8 Å². The molecule has 4 aromatic carbocycles. The Morgan fingerprint density at radius 3 is 1.80 bits per heavy atom. The summed E-state index contributed by atoms with van der Waals surface area (Å²) >= 11 is 0. The number of hydrogen-bond acceptors (Lipinski definition) is 2. The van der Waals surface area contributed by atoms with Gasteiger partial charge in [-0.05, 0) is 52.9 Å². The number of benzene rings is 4. The number of aryl methyl sites for hydroxylation is 2. The summed E-state index contributed by atoms with van der Waals surface area (Å²) in [6.45, 7) is 20.8. The molecular weight excluding hydrogens is 789 g/mol. The molecule has 0 amide bonds. The third kappa shape index (κ3) is 9.82. The second-order valence-corrected chi connectivity index (χ2v) is 20.0. The van der Waals surface area contributed by atoms with Crippen molar-refractivity contribution in [1.82, 2.24) is 9.97 Å². The maximum Gasteiger partial charge on any atom is 0.0799 e. The third-order valence-corrected chi connectivity index (χ3v) is 11.0. The molecular formula is C45H48IrN2Si-2. The molecule has 4 heteroatoms. The van der Waals surface area contributed by atoms with Crippen molar-refractivity contribution >= 4 is 13.3 Å². The second-order valence-electron chi connectivity index (χ2n) is 14.9. The summed E-state index contributed by atoms with van der Waals surface area (Å²) in [4.78, 5) is 9.40. The Kier molecular flexibility index (Phi) is 12.5. The van der Waals surface area contributed by atoms with Crippen LogP contribution in [0.5, 0.6) is 0 Å². The molecule has 253 valence electrons. The quantitative estimate of drug-likeness (QED) is 0.123. The first-order valence-corrected chi connectivity index (χ1v) is 20.4. The molecule has 0 aliphatic rings. The molecule has 0 aliphatic heterocycles. The molecule has 0 bridgehead atoms. The maximum atomic E-state index is 4.74. The topological polar surface area (TPSA) is 25.8 Å². The second kappa shape index (κ2) is 16.2. The zero-order valence-electron chi connectivity index (χ0n) is 30.4. The normalized spacial score (nSPS) is 11.9. The summed E-state index contributed by atoms with van der Waals surface area (Å²) in [5.74, 6) is 0.500. The van der Waals surface area contributed by atoms with Crippen LogP contribution in [0.2, 0.25) is 19.6 Å². The van der Waals surface area contributed by atoms with Gasteiger partial charge in [0.15, 0.2) is 0 Å². The van der Waals surface area contributed by atoms with E-state index in [2.05, 4.69) is 163 Å². The van der Waals surface area contributed by atoms with Crippen LogP contribution in [0.25, 0.3) is 44.8 Å². The smallest absolute Gasteiger partial charge is 0.0799 e. The molecule has 0 fully saturated rings. The Bertz CT molecular complexity index is 1920. The van der Waals surface area contributed by atoms with Crippen LogP contribution in [0.3, 0.4) is 0 Å². The number of aromatic nitrogens is 2. The average Bonchev–Trinajstić information content (AvgIpc) is 3.08. The first kappa shape index (κ1) is 37.9. The molecule has 0 saturated carbocycles. The Morgan fingerprint density at radius 1 is 0.612 bits per heavy atom. The predicted molar refractivity (Wildman–Crippen MR) is 208 cm³/mol. The van der Waals surface area contributed by atoms with Crippen molar-refractivity contribution in [3.05, 3.63) is 150 Å². The molecule has 1 unspecified atom stereocenters. The van der Waals surface area contributed by atoms with Gasteiger partial charge in [-0.2, -0.15) is 0 Å². The van der Waals surface area contributed by atoms with Gasteiger partial charge in [-0.3, -0.25) is 0 Å². The molecule has 2 nitrogen and oxygen atoms in total. The van der Waals surface area contributed by atoms with E-state index in [9.17, 15) is 0 Å². The van der Waals surface area contributed by atoms with E-state index in [1.54, 1.807) is 0 Å². The van der Waals surface area contributed by atoms with E-state index in [-0.39, 0.29) is 25.5 Å². The molecule has 6 aromatic rings. The summed E-state index contributed by atoms with van der Waals surface area (Å²) in [6.07, 6.45) is 4.07. The van der Waals surface area contributed by atoms with Gasteiger partial charge in [0.2, 0.25) is 0 Å². The van der Waals surface area contributed by atoms with Crippen molar-refractivity contribution in [2.45, 2.75) is 67.1 Å². The SMILES string of the molecule is CC(c1cc(-c2[c-]cccc2)ncc1[Si](C)(C)C)C(C)(C)C.Cc1cc(C)cc(-c2ccc(-c3[c-]cc(-c4ccccc4)cc3)nc2)c1.[Ir]. The van der Waals surface area contributed by atoms with Gasteiger partial charge in [-0.25, -0.2) is 0 Å². The van der Waals surface area contributed by atoms with E-state index < -0.39 is 8.07 Å². The number of hydrogen-bond donors (Lipinski definition) is 0. The predicted octanol–water partition coefficient (Wildman–Crippen LogP) is 11.7. The summed E-state index contributed by atoms with van der Waals surface area (Å²) in [6, 6.07) is 44.4. The van der Waals surface area contributed by atoms with Crippen LogP contribution < -0.4 is 5.19 Å². The molecule has 49 heavy (non-hydrogen) atoms. The van der Waals surface area contributed by atoms with Gasteiger partial charge in [-0.15, -0.1) is 65.7 Å². The molecule has 2 aromatic heterocycles.